The molecule has 1 amide bonds. The number of ether oxygens (including phenoxy) is 1. The molecule has 4 nitrogen and oxygen atoms in total. The Balaban J connectivity index is 2.09. The van der Waals surface area contributed by atoms with Gasteiger partial charge in [-0.1, -0.05) is 11.6 Å². The Kier molecular flexibility index (Phi) is 5.63. The highest BCUT2D eigenvalue weighted by Gasteiger charge is 2.23. The highest BCUT2D eigenvalue weighted by molar-refractivity contribution is 6.30. The number of anilines is 1. The molecule has 0 saturated heterocycles. The van der Waals surface area contributed by atoms with Gasteiger partial charge in [-0.25, -0.2) is 22.4 Å². The molecule has 1 N–H and O–H groups in total. The predicted molar refractivity (Wildman–Crippen MR) is 81.2 cm³/mol. The van der Waals surface area contributed by atoms with Gasteiger partial charge >= 0.3 is 5.97 Å². The highest BCUT2D eigenvalue weighted by Crippen LogP contribution is 2.20. The number of carbonyl (C=O) groups excluding carboxylic acids is 2. The maximum atomic E-state index is 13.6. The molecule has 0 aliphatic carbocycles. The molecule has 2 rings (SSSR count). The van der Waals surface area contributed by atoms with Crippen molar-refractivity contribution < 1.29 is 31.9 Å². The number of carbonyl (C=O) groups is 2. The van der Waals surface area contributed by atoms with E-state index in [4.69, 9.17) is 16.3 Å². The van der Waals surface area contributed by atoms with E-state index in [1.807, 2.05) is 5.32 Å². The van der Waals surface area contributed by atoms with Gasteiger partial charge in [0.15, 0.2) is 23.6 Å². The minimum Gasteiger partial charge on any atom is -0.449 e. The predicted octanol–water partition coefficient (Wildman–Crippen LogP) is 4.08. The minimum atomic E-state index is -1.76. The molecule has 0 radical (unpaired) electrons. The molecule has 0 aromatic heterocycles. The van der Waals surface area contributed by atoms with Crippen LogP contribution >= 0.6 is 11.6 Å². The van der Waals surface area contributed by atoms with E-state index in [1.165, 1.54) is 6.07 Å². The summed E-state index contributed by atoms with van der Waals surface area (Å²) in [7, 11) is 0. The molecule has 1 atom stereocenters. The van der Waals surface area contributed by atoms with Crippen LogP contribution in [0, 0.1) is 23.3 Å². The van der Waals surface area contributed by atoms with E-state index in [-0.39, 0.29) is 5.02 Å². The van der Waals surface area contributed by atoms with Gasteiger partial charge in [0.2, 0.25) is 0 Å². The van der Waals surface area contributed by atoms with Crippen LogP contribution in [-0.2, 0) is 9.53 Å². The monoisotopic (exact) mass is 375 g/mol. The third kappa shape index (κ3) is 4.27. The second-order valence-electron chi connectivity index (χ2n) is 4.88. The van der Waals surface area contributed by atoms with Gasteiger partial charge in [-0.3, -0.25) is 4.79 Å². The normalized spacial score (nSPS) is 11.8. The van der Waals surface area contributed by atoms with Crippen LogP contribution in [0.3, 0.4) is 0 Å². The third-order valence-corrected chi connectivity index (χ3v) is 3.33. The number of hydrogen-bond acceptors (Lipinski definition) is 3. The Morgan fingerprint density at radius 2 is 1.68 bits per heavy atom. The first kappa shape index (κ1) is 18.7. The summed E-state index contributed by atoms with van der Waals surface area (Å²) in [6.07, 6.45) is -1.47. The van der Waals surface area contributed by atoms with E-state index in [0.29, 0.717) is 6.07 Å². The van der Waals surface area contributed by atoms with E-state index >= 15 is 0 Å². The number of hydrogen-bond donors (Lipinski definition) is 1. The Hall–Kier alpha value is -2.61. The highest BCUT2D eigenvalue weighted by atomic mass is 35.5. The van der Waals surface area contributed by atoms with Gasteiger partial charge in [0.25, 0.3) is 5.91 Å². The second-order valence-corrected chi connectivity index (χ2v) is 5.32. The fraction of sp³-hybridized carbons (Fsp3) is 0.125. The third-order valence-electron chi connectivity index (χ3n) is 3.09. The Labute approximate surface area is 144 Å². The Bertz CT molecular complexity index is 844. The van der Waals surface area contributed by atoms with Crippen molar-refractivity contribution in [2.75, 3.05) is 5.32 Å². The average molecular weight is 376 g/mol. The van der Waals surface area contributed by atoms with Crippen molar-refractivity contribution >= 4 is 29.2 Å². The van der Waals surface area contributed by atoms with Gasteiger partial charge in [0.05, 0.1) is 11.3 Å². The SMILES string of the molecule is CC(OC(=O)c1cc(Cl)ccc1F)C(=O)Nc1ccc(F)c(F)c1F. The fourth-order valence-corrected chi connectivity index (χ4v) is 1.96. The molecule has 2 aromatic carbocycles. The van der Waals surface area contributed by atoms with Crippen molar-refractivity contribution in [1.29, 1.82) is 0 Å². The maximum absolute atomic E-state index is 13.6. The smallest absolute Gasteiger partial charge is 0.341 e. The van der Waals surface area contributed by atoms with Gasteiger partial charge < -0.3 is 10.1 Å². The summed E-state index contributed by atoms with van der Waals surface area (Å²) in [5.74, 6) is -7.90. The van der Waals surface area contributed by atoms with Crippen molar-refractivity contribution in [3.8, 4) is 0 Å². The zero-order chi connectivity index (χ0) is 18.7. The van der Waals surface area contributed by atoms with Crippen LogP contribution < -0.4 is 5.32 Å². The molecule has 0 aliphatic rings. The summed E-state index contributed by atoms with van der Waals surface area (Å²) in [4.78, 5) is 23.8. The van der Waals surface area contributed by atoms with Gasteiger partial charge in [-0.2, -0.15) is 0 Å². The van der Waals surface area contributed by atoms with Crippen LogP contribution in [0.1, 0.15) is 17.3 Å². The van der Waals surface area contributed by atoms with Crippen molar-refractivity contribution in [2.24, 2.45) is 0 Å². The summed E-state index contributed by atoms with van der Waals surface area (Å²) < 4.78 is 57.8. The summed E-state index contributed by atoms with van der Waals surface area (Å²) in [5, 5.41) is 2.02. The molecule has 0 fully saturated rings. The minimum absolute atomic E-state index is 0.0781. The van der Waals surface area contributed by atoms with Crippen LogP contribution in [-0.4, -0.2) is 18.0 Å². The molecule has 0 saturated carbocycles. The zero-order valence-corrected chi connectivity index (χ0v) is 13.3. The van der Waals surface area contributed by atoms with Gasteiger partial charge in [-0.15, -0.1) is 0 Å². The van der Waals surface area contributed by atoms with E-state index < -0.39 is 52.5 Å². The van der Waals surface area contributed by atoms with Crippen LogP contribution in [0.25, 0.3) is 0 Å². The van der Waals surface area contributed by atoms with Crippen LogP contribution in [0.5, 0.6) is 0 Å². The molecule has 132 valence electrons. The number of nitrogens with one attached hydrogen (secondary N) is 1. The van der Waals surface area contributed by atoms with Gasteiger partial charge in [0, 0.05) is 5.02 Å². The van der Waals surface area contributed by atoms with Crippen LogP contribution in [0.2, 0.25) is 5.02 Å². The molecule has 0 bridgehead atoms. The zero-order valence-electron chi connectivity index (χ0n) is 12.6. The lowest BCUT2D eigenvalue weighted by atomic mass is 10.2. The average Bonchev–Trinajstić information content (AvgIpc) is 2.57. The van der Waals surface area contributed by atoms with Crippen molar-refractivity contribution in [3.05, 3.63) is 64.2 Å². The number of amides is 1. The standard InChI is InChI=1S/C16H10ClF4NO3/c1-7(25-16(24)9-6-8(17)2-3-10(9)18)15(23)22-12-5-4-11(19)13(20)14(12)21/h2-7H,1H3,(H,22,23). The molecular weight excluding hydrogens is 366 g/mol. The van der Waals surface area contributed by atoms with E-state index in [0.717, 1.165) is 25.1 Å². The van der Waals surface area contributed by atoms with E-state index in [2.05, 4.69) is 0 Å². The quantitative estimate of drug-likeness (QED) is 0.497. The topological polar surface area (TPSA) is 55.4 Å². The lowest BCUT2D eigenvalue weighted by Gasteiger charge is -2.14. The van der Waals surface area contributed by atoms with Crippen molar-refractivity contribution in [1.82, 2.24) is 0 Å². The van der Waals surface area contributed by atoms with Crippen LogP contribution in [0.15, 0.2) is 30.3 Å². The fourth-order valence-electron chi connectivity index (χ4n) is 1.79. The first-order valence-corrected chi connectivity index (χ1v) is 7.19. The number of benzene rings is 2. The number of rotatable bonds is 4. The summed E-state index contributed by atoms with van der Waals surface area (Å²) in [6.45, 7) is 1.13. The van der Waals surface area contributed by atoms with Crippen LogP contribution in [0.4, 0.5) is 23.2 Å². The van der Waals surface area contributed by atoms with E-state index in [9.17, 15) is 27.2 Å². The van der Waals surface area contributed by atoms with Gasteiger partial charge in [-0.05, 0) is 37.3 Å². The first-order chi connectivity index (χ1) is 11.7. The number of esters is 1. The molecular formula is C16H10ClF4NO3. The Morgan fingerprint density at radius 1 is 1.04 bits per heavy atom. The first-order valence-electron chi connectivity index (χ1n) is 6.81. The molecule has 2 aromatic rings. The van der Waals surface area contributed by atoms with E-state index in [1.54, 1.807) is 0 Å². The molecule has 9 heteroatoms. The summed E-state index contributed by atoms with van der Waals surface area (Å²) >= 11 is 5.65. The molecule has 0 spiro atoms. The summed E-state index contributed by atoms with van der Waals surface area (Å²) in [6, 6.07) is 4.59. The second kappa shape index (κ2) is 7.52. The molecule has 0 aliphatic heterocycles. The maximum Gasteiger partial charge on any atom is 0.341 e. The molecule has 0 heterocycles. The lowest BCUT2D eigenvalue weighted by molar-refractivity contribution is -0.123. The van der Waals surface area contributed by atoms with Gasteiger partial charge in [0.1, 0.15) is 5.82 Å². The summed E-state index contributed by atoms with van der Waals surface area (Å²) in [5.41, 5.74) is -1.13. The lowest BCUT2D eigenvalue weighted by Crippen LogP contribution is -2.30. The number of halogens is 5. The molecule has 1 unspecified atom stereocenters. The molecule has 25 heavy (non-hydrogen) atoms. The van der Waals surface area contributed by atoms with Crippen molar-refractivity contribution in [2.45, 2.75) is 13.0 Å². The Morgan fingerprint density at radius 3 is 2.36 bits per heavy atom. The largest absolute Gasteiger partial charge is 0.449 e. The van der Waals surface area contributed by atoms with Crippen molar-refractivity contribution in [3.63, 3.8) is 0 Å².